The number of carbonyl (C=O) groups excluding carboxylic acids is 2. The summed E-state index contributed by atoms with van der Waals surface area (Å²) in [5, 5.41) is 2.82. The van der Waals surface area contributed by atoms with E-state index in [0.29, 0.717) is 31.1 Å². The molecule has 0 unspecified atom stereocenters. The molecule has 2 aromatic carbocycles. The van der Waals surface area contributed by atoms with Crippen molar-refractivity contribution in [1.82, 2.24) is 10.3 Å². The number of amides is 2. The number of nitrogens with zero attached hydrogens (tertiary/aromatic N) is 2. The lowest BCUT2D eigenvalue weighted by Crippen LogP contribution is -2.42. The fraction of sp³-hybridized carbons (Fsp3) is 0.208. The molecular formula is C24H22FN3O3. The number of rotatable bonds is 7. The molecule has 0 spiro atoms. The van der Waals surface area contributed by atoms with Gasteiger partial charge in [-0.2, -0.15) is 0 Å². The van der Waals surface area contributed by atoms with Crippen LogP contribution in [0.1, 0.15) is 30.1 Å². The number of anilines is 1. The summed E-state index contributed by atoms with van der Waals surface area (Å²) in [5.41, 5.74) is 1.59. The number of aromatic nitrogens is 1. The first-order chi connectivity index (χ1) is 15.1. The Morgan fingerprint density at radius 1 is 1.06 bits per heavy atom. The quantitative estimate of drug-likeness (QED) is 0.633. The molecule has 4 rings (SSSR count). The molecule has 0 saturated heterocycles. The molecule has 1 aliphatic rings. The zero-order valence-corrected chi connectivity index (χ0v) is 16.8. The van der Waals surface area contributed by atoms with Crippen LogP contribution in [0.15, 0.2) is 72.9 Å². The van der Waals surface area contributed by atoms with E-state index < -0.39 is 6.10 Å². The maximum absolute atomic E-state index is 13.1. The molecule has 1 aromatic heterocycles. The van der Waals surface area contributed by atoms with E-state index >= 15 is 0 Å². The van der Waals surface area contributed by atoms with E-state index in [9.17, 15) is 14.0 Å². The van der Waals surface area contributed by atoms with Crippen LogP contribution in [-0.4, -0.2) is 23.3 Å². The number of nitrogens with one attached hydrogen (secondary N) is 1. The first-order valence-electron chi connectivity index (χ1n) is 10.1. The summed E-state index contributed by atoms with van der Waals surface area (Å²) in [4.78, 5) is 31.2. The first kappa shape index (κ1) is 20.5. The number of pyridine rings is 1. The van der Waals surface area contributed by atoms with Crippen molar-refractivity contribution in [2.45, 2.75) is 25.5 Å². The second-order valence-corrected chi connectivity index (χ2v) is 7.23. The average molecular weight is 419 g/mol. The van der Waals surface area contributed by atoms with Crippen molar-refractivity contribution in [3.8, 4) is 5.75 Å². The minimum Gasteiger partial charge on any atom is -0.472 e. The molecule has 0 saturated carbocycles. The van der Waals surface area contributed by atoms with Crippen LogP contribution in [0, 0.1) is 5.82 Å². The van der Waals surface area contributed by atoms with Gasteiger partial charge in [-0.1, -0.05) is 42.5 Å². The largest absolute Gasteiger partial charge is 0.472 e. The zero-order chi connectivity index (χ0) is 21.6. The summed E-state index contributed by atoms with van der Waals surface area (Å²) >= 11 is 0. The van der Waals surface area contributed by atoms with Gasteiger partial charge in [0.25, 0.3) is 5.91 Å². The molecule has 0 fully saturated rings. The maximum Gasteiger partial charge on any atom is 0.274 e. The standard InChI is InChI=1S/C24H22FN3O3/c25-19-12-10-17(11-13-19)16-27-21(29)9-5-15-28-23-20(8-4-14-26-23)31-22(24(28)30)18-6-2-1-3-7-18/h1-4,6-8,10-14,22H,5,9,15-16H2,(H,27,29)/t22-/m0/s1. The van der Waals surface area contributed by atoms with E-state index in [1.54, 1.807) is 35.4 Å². The van der Waals surface area contributed by atoms with Gasteiger partial charge in [0.15, 0.2) is 11.6 Å². The van der Waals surface area contributed by atoms with Crippen LogP contribution in [0.5, 0.6) is 5.75 Å². The normalized spacial score (nSPS) is 15.2. The SMILES string of the molecule is O=C(CCCN1C(=O)[C@H](c2ccccc2)Oc2cccnc21)NCc1ccc(F)cc1. The van der Waals surface area contributed by atoms with Crippen LogP contribution >= 0.6 is 0 Å². The maximum atomic E-state index is 13.1. The highest BCUT2D eigenvalue weighted by Crippen LogP contribution is 2.37. The van der Waals surface area contributed by atoms with Crippen LogP contribution in [0.3, 0.4) is 0 Å². The topological polar surface area (TPSA) is 71.5 Å². The Kier molecular flexibility index (Phi) is 6.21. The van der Waals surface area contributed by atoms with Crippen LogP contribution in [-0.2, 0) is 16.1 Å². The van der Waals surface area contributed by atoms with Gasteiger partial charge < -0.3 is 10.1 Å². The second kappa shape index (κ2) is 9.38. The lowest BCUT2D eigenvalue weighted by Gasteiger charge is -2.33. The van der Waals surface area contributed by atoms with Gasteiger partial charge in [-0.05, 0) is 36.2 Å². The number of carbonyl (C=O) groups is 2. The van der Waals surface area contributed by atoms with Crippen molar-refractivity contribution >= 4 is 17.6 Å². The summed E-state index contributed by atoms with van der Waals surface area (Å²) in [6.45, 7) is 0.676. The molecule has 7 heteroatoms. The van der Waals surface area contributed by atoms with Gasteiger partial charge in [0.05, 0.1) is 0 Å². The third-order valence-corrected chi connectivity index (χ3v) is 5.03. The predicted octanol–water partition coefficient (Wildman–Crippen LogP) is 3.78. The summed E-state index contributed by atoms with van der Waals surface area (Å²) in [6.07, 6.45) is 1.59. The van der Waals surface area contributed by atoms with Crippen molar-refractivity contribution in [2.24, 2.45) is 0 Å². The Morgan fingerprint density at radius 2 is 1.84 bits per heavy atom. The molecule has 158 valence electrons. The Balaban J connectivity index is 1.38. The number of halogens is 1. The number of ether oxygens (including phenoxy) is 1. The molecule has 1 N–H and O–H groups in total. The highest BCUT2D eigenvalue weighted by atomic mass is 19.1. The molecular weight excluding hydrogens is 397 g/mol. The van der Waals surface area contributed by atoms with Crippen molar-refractivity contribution < 1.29 is 18.7 Å². The molecule has 1 aliphatic heterocycles. The molecule has 6 nitrogen and oxygen atoms in total. The number of benzene rings is 2. The van der Waals surface area contributed by atoms with Gasteiger partial charge in [-0.3, -0.25) is 14.5 Å². The third kappa shape index (κ3) is 4.88. The van der Waals surface area contributed by atoms with E-state index in [0.717, 1.165) is 11.1 Å². The first-order valence-corrected chi connectivity index (χ1v) is 10.1. The van der Waals surface area contributed by atoms with Gasteiger partial charge in [0.1, 0.15) is 5.82 Å². The number of fused-ring (bicyclic) bond motifs is 1. The average Bonchev–Trinajstić information content (AvgIpc) is 2.80. The van der Waals surface area contributed by atoms with Crippen LogP contribution in [0.2, 0.25) is 0 Å². The lowest BCUT2D eigenvalue weighted by molar-refractivity contribution is -0.127. The van der Waals surface area contributed by atoms with Gasteiger partial charge in [-0.15, -0.1) is 0 Å². The van der Waals surface area contributed by atoms with E-state index in [1.807, 2.05) is 30.3 Å². The molecule has 2 amide bonds. The van der Waals surface area contributed by atoms with Crippen LogP contribution in [0.4, 0.5) is 10.2 Å². The fourth-order valence-electron chi connectivity index (χ4n) is 3.44. The Morgan fingerprint density at radius 3 is 2.61 bits per heavy atom. The van der Waals surface area contributed by atoms with Crippen LogP contribution in [0.25, 0.3) is 0 Å². The van der Waals surface area contributed by atoms with Crippen molar-refractivity contribution in [1.29, 1.82) is 0 Å². The molecule has 0 bridgehead atoms. The Hall–Kier alpha value is -3.74. The summed E-state index contributed by atoms with van der Waals surface area (Å²) in [7, 11) is 0. The highest BCUT2D eigenvalue weighted by Gasteiger charge is 2.36. The monoisotopic (exact) mass is 419 g/mol. The Labute approximate surface area is 179 Å². The van der Waals surface area contributed by atoms with E-state index in [-0.39, 0.29) is 24.1 Å². The zero-order valence-electron chi connectivity index (χ0n) is 16.8. The minimum atomic E-state index is -0.745. The van der Waals surface area contributed by atoms with Gasteiger partial charge in [0, 0.05) is 31.3 Å². The van der Waals surface area contributed by atoms with Gasteiger partial charge >= 0.3 is 0 Å². The summed E-state index contributed by atoms with van der Waals surface area (Å²) in [5.74, 6) is 0.353. The van der Waals surface area contributed by atoms with Crippen molar-refractivity contribution in [2.75, 3.05) is 11.4 Å². The summed E-state index contributed by atoms with van der Waals surface area (Å²) < 4.78 is 18.9. The Bertz CT molecular complexity index is 1060. The van der Waals surface area contributed by atoms with Crippen molar-refractivity contribution in [3.63, 3.8) is 0 Å². The molecule has 0 radical (unpaired) electrons. The number of hydrogen-bond acceptors (Lipinski definition) is 4. The molecule has 1 atom stereocenters. The molecule has 3 aromatic rings. The fourth-order valence-corrected chi connectivity index (χ4v) is 3.44. The number of hydrogen-bond donors (Lipinski definition) is 1. The molecule has 0 aliphatic carbocycles. The van der Waals surface area contributed by atoms with E-state index in [4.69, 9.17) is 4.74 Å². The van der Waals surface area contributed by atoms with Crippen molar-refractivity contribution in [3.05, 3.63) is 89.9 Å². The van der Waals surface area contributed by atoms with Gasteiger partial charge in [-0.25, -0.2) is 9.37 Å². The predicted molar refractivity (Wildman–Crippen MR) is 114 cm³/mol. The van der Waals surface area contributed by atoms with Gasteiger partial charge in [0.2, 0.25) is 12.0 Å². The lowest BCUT2D eigenvalue weighted by atomic mass is 10.1. The summed E-state index contributed by atoms with van der Waals surface area (Å²) in [6, 6.07) is 18.8. The third-order valence-electron chi connectivity index (χ3n) is 5.03. The minimum absolute atomic E-state index is 0.133. The smallest absolute Gasteiger partial charge is 0.274 e. The van der Waals surface area contributed by atoms with Crippen LogP contribution < -0.4 is 15.0 Å². The molecule has 31 heavy (non-hydrogen) atoms. The van der Waals surface area contributed by atoms with E-state index in [2.05, 4.69) is 10.3 Å². The second-order valence-electron chi connectivity index (χ2n) is 7.23. The molecule has 2 heterocycles. The highest BCUT2D eigenvalue weighted by molar-refractivity contribution is 5.99. The van der Waals surface area contributed by atoms with E-state index in [1.165, 1.54) is 12.1 Å².